The first-order chi connectivity index (χ1) is 10.1. The van der Waals surface area contributed by atoms with Crippen LogP contribution in [0.2, 0.25) is 0 Å². The van der Waals surface area contributed by atoms with E-state index < -0.39 is 0 Å². The average molecular weight is 281 g/mol. The van der Waals surface area contributed by atoms with Crippen molar-refractivity contribution in [3.8, 4) is 0 Å². The third-order valence-electron chi connectivity index (χ3n) is 3.76. The molecule has 2 heteroatoms. The molecule has 1 atom stereocenters. The van der Waals surface area contributed by atoms with Gasteiger partial charge in [-0.25, -0.2) is 0 Å². The summed E-state index contributed by atoms with van der Waals surface area (Å²) in [6, 6.07) is 12.1. The number of nitrogens with zero attached hydrogens (tertiary/aromatic N) is 1. The maximum Gasteiger partial charge on any atom is 0.144 e. The Morgan fingerprint density at radius 2 is 1.71 bits per heavy atom. The smallest absolute Gasteiger partial charge is 0.144 e. The monoisotopic (exact) mass is 281 g/mol. The van der Waals surface area contributed by atoms with E-state index in [2.05, 4.69) is 37.0 Å². The van der Waals surface area contributed by atoms with Crippen LogP contribution >= 0.6 is 0 Å². The normalized spacial score (nSPS) is 12.4. The average Bonchev–Trinajstić information content (AvgIpc) is 2.47. The summed E-state index contributed by atoms with van der Waals surface area (Å²) < 4.78 is 0. The highest BCUT2D eigenvalue weighted by Gasteiger charge is 2.18. The van der Waals surface area contributed by atoms with E-state index in [-0.39, 0.29) is 11.7 Å². The van der Waals surface area contributed by atoms with Gasteiger partial charge in [0, 0.05) is 24.7 Å². The summed E-state index contributed by atoms with van der Waals surface area (Å²) in [5.74, 6) is 0.791. The Labute approximate surface area is 127 Å². The van der Waals surface area contributed by atoms with E-state index in [0.717, 1.165) is 12.0 Å². The highest BCUT2D eigenvalue weighted by molar-refractivity contribution is 5.87. The van der Waals surface area contributed by atoms with Crippen LogP contribution in [0.15, 0.2) is 48.8 Å². The van der Waals surface area contributed by atoms with E-state index in [4.69, 9.17) is 0 Å². The van der Waals surface area contributed by atoms with Gasteiger partial charge in [-0.1, -0.05) is 45.0 Å². The molecule has 1 aromatic heterocycles. The van der Waals surface area contributed by atoms with Gasteiger partial charge in [0.1, 0.15) is 5.78 Å². The van der Waals surface area contributed by atoms with Gasteiger partial charge < -0.3 is 0 Å². The number of rotatable bonds is 6. The number of benzene rings is 1. The Kier molecular flexibility index (Phi) is 5.26. The molecule has 0 aliphatic carbocycles. The predicted octanol–water partition coefficient (Wildman–Crippen LogP) is 4.20. The van der Waals surface area contributed by atoms with Crippen LogP contribution in [0, 0.1) is 5.92 Å². The van der Waals surface area contributed by atoms with Gasteiger partial charge >= 0.3 is 0 Å². The lowest BCUT2D eigenvalue weighted by Gasteiger charge is -2.17. The maximum absolute atomic E-state index is 12.5. The lowest BCUT2D eigenvalue weighted by Crippen LogP contribution is -2.14. The summed E-state index contributed by atoms with van der Waals surface area (Å²) in [5.41, 5.74) is 3.50. The van der Waals surface area contributed by atoms with Crippen LogP contribution in [0.25, 0.3) is 0 Å². The molecule has 0 saturated heterocycles. The topological polar surface area (TPSA) is 30.0 Å². The fraction of sp³-hybridized carbons (Fsp3) is 0.368. The highest BCUT2D eigenvalue weighted by Crippen LogP contribution is 2.24. The third kappa shape index (κ3) is 4.25. The largest absolute Gasteiger partial charge is 0.299 e. The van der Waals surface area contributed by atoms with Gasteiger partial charge in [0.15, 0.2) is 0 Å². The molecule has 2 aromatic rings. The molecule has 0 spiro atoms. The number of hydrogen-bond acceptors (Lipinski definition) is 2. The van der Waals surface area contributed by atoms with Crippen molar-refractivity contribution in [2.75, 3.05) is 0 Å². The minimum atomic E-state index is -0.0619. The molecule has 2 rings (SSSR count). The van der Waals surface area contributed by atoms with Crippen LogP contribution in [0.5, 0.6) is 0 Å². The minimum absolute atomic E-state index is 0.0619. The van der Waals surface area contributed by atoms with E-state index in [1.807, 2.05) is 25.1 Å². The molecule has 0 fully saturated rings. The second-order valence-electron chi connectivity index (χ2n) is 6.02. The van der Waals surface area contributed by atoms with Crippen LogP contribution in [0.4, 0.5) is 0 Å². The van der Waals surface area contributed by atoms with Crippen LogP contribution < -0.4 is 0 Å². The van der Waals surface area contributed by atoms with Crippen molar-refractivity contribution in [3.63, 3.8) is 0 Å². The molecule has 0 saturated carbocycles. The summed E-state index contributed by atoms with van der Waals surface area (Å²) in [4.78, 5) is 16.5. The van der Waals surface area contributed by atoms with Gasteiger partial charge in [-0.15, -0.1) is 0 Å². The first-order valence-electron chi connectivity index (χ1n) is 7.57. The number of carbonyl (C=O) groups is 1. The molecule has 21 heavy (non-hydrogen) atoms. The zero-order chi connectivity index (χ0) is 15.2. The van der Waals surface area contributed by atoms with Crippen molar-refractivity contribution in [1.82, 2.24) is 4.98 Å². The molecule has 0 aliphatic rings. The second kappa shape index (κ2) is 7.16. The van der Waals surface area contributed by atoms with Gasteiger partial charge in [0.2, 0.25) is 0 Å². The van der Waals surface area contributed by atoms with Crippen molar-refractivity contribution in [2.45, 2.75) is 39.5 Å². The predicted molar refractivity (Wildman–Crippen MR) is 86.3 cm³/mol. The van der Waals surface area contributed by atoms with Crippen LogP contribution in [0.1, 0.15) is 43.4 Å². The Morgan fingerprint density at radius 3 is 2.38 bits per heavy atom. The van der Waals surface area contributed by atoms with Crippen molar-refractivity contribution in [2.24, 2.45) is 5.92 Å². The van der Waals surface area contributed by atoms with Crippen LogP contribution in [0.3, 0.4) is 0 Å². The molecule has 0 aliphatic heterocycles. The SMILES string of the molecule is CC(C)Cc1ccccc1[C@@H](C)C(=O)Cc1ccncc1. The zero-order valence-electron chi connectivity index (χ0n) is 13.0. The number of ketones is 1. The number of pyridine rings is 1. The Morgan fingerprint density at radius 1 is 1.05 bits per heavy atom. The molecule has 0 amide bonds. The first-order valence-corrected chi connectivity index (χ1v) is 7.57. The number of carbonyl (C=O) groups excluding carboxylic acids is 1. The van der Waals surface area contributed by atoms with Crippen molar-refractivity contribution < 1.29 is 4.79 Å². The number of hydrogen-bond donors (Lipinski definition) is 0. The lowest BCUT2D eigenvalue weighted by atomic mass is 9.87. The second-order valence-corrected chi connectivity index (χ2v) is 6.02. The summed E-state index contributed by atoms with van der Waals surface area (Å²) in [6.45, 7) is 6.43. The fourth-order valence-corrected chi connectivity index (χ4v) is 2.61. The molecule has 0 radical (unpaired) electrons. The quantitative estimate of drug-likeness (QED) is 0.794. The molecule has 1 heterocycles. The van der Waals surface area contributed by atoms with Crippen LogP contribution in [-0.4, -0.2) is 10.8 Å². The van der Waals surface area contributed by atoms with Gasteiger partial charge in [-0.2, -0.15) is 0 Å². The minimum Gasteiger partial charge on any atom is -0.299 e. The van der Waals surface area contributed by atoms with Crippen molar-refractivity contribution in [3.05, 3.63) is 65.5 Å². The van der Waals surface area contributed by atoms with E-state index in [0.29, 0.717) is 12.3 Å². The summed E-state index contributed by atoms with van der Waals surface area (Å²) in [7, 11) is 0. The molecule has 0 unspecified atom stereocenters. The third-order valence-corrected chi connectivity index (χ3v) is 3.76. The van der Waals surface area contributed by atoms with E-state index in [1.165, 1.54) is 11.1 Å². The van der Waals surface area contributed by atoms with Gasteiger partial charge in [0.25, 0.3) is 0 Å². The van der Waals surface area contributed by atoms with Gasteiger partial charge in [-0.05, 0) is 41.2 Å². The van der Waals surface area contributed by atoms with E-state index >= 15 is 0 Å². The molecular formula is C19H23NO. The lowest BCUT2D eigenvalue weighted by molar-refractivity contribution is -0.119. The first kappa shape index (κ1) is 15.4. The van der Waals surface area contributed by atoms with Gasteiger partial charge in [0.05, 0.1) is 0 Å². The molecule has 0 bridgehead atoms. The highest BCUT2D eigenvalue weighted by atomic mass is 16.1. The molecule has 2 nitrogen and oxygen atoms in total. The van der Waals surface area contributed by atoms with Crippen molar-refractivity contribution in [1.29, 1.82) is 0 Å². The summed E-state index contributed by atoms with van der Waals surface area (Å²) in [6.07, 6.45) is 4.96. The molecule has 110 valence electrons. The van der Waals surface area contributed by atoms with Crippen LogP contribution in [-0.2, 0) is 17.6 Å². The fourth-order valence-electron chi connectivity index (χ4n) is 2.61. The Hall–Kier alpha value is -1.96. The Bertz CT molecular complexity index is 590. The van der Waals surface area contributed by atoms with Gasteiger partial charge in [-0.3, -0.25) is 9.78 Å². The summed E-state index contributed by atoms with van der Waals surface area (Å²) >= 11 is 0. The standard InChI is InChI=1S/C19H23NO/c1-14(2)12-17-6-4-5-7-18(17)15(3)19(21)13-16-8-10-20-11-9-16/h4-11,14-15H,12-13H2,1-3H3/t15-/m1/s1. The maximum atomic E-state index is 12.5. The zero-order valence-corrected chi connectivity index (χ0v) is 13.0. The molecular weight excluding hydrogens is 258 g/mol. The number of Topliss-reactive ketones (excluding diaryl/α,β-unsaturated/α-hetero) is 1. The number of aromatic nitrogens is 1. The van der Waals surface area contributed by atoms with Crippen molar-refractivity contribution >= 4 is 5.78 Å². The van der Waals surface area contributed by atoms with E-state index in [1.54, 1.807) is 12.4 Å². The Balaban J connectivity index is 2.16. The van der Waals surface area contributed by atoms with E-state index in [9.17, 15) is 4.79 Å². The summed E-state index contributed by atoms with van der Waals surface area (Å²) in [5, 5.41) is 0. The molecule has 1 aromatic carbocycles. The molecule has 0 N–H and O–H groups in total.